The second-order valence-electron chi connectivity index (χ2n) is 12.3. The zero-order chi connectivity index (χ0) is 33.6. The minimum atomic E-state index is -1.64. The summed E-state index contributed by atoms with van der Waals surface area (Å²) in [6.07, 6.45) is -6.11. The third-order valence-corrected chi connectivity index (χ3v) is 8.76. The highest BCUT2D eigenvalue weighted by atomic mass is 19.2. The van der Waals surface area contributed by atoms with Gasteiger partial charge in [-0.1, -0.05) is 13.8 Å². The first-order chi connectivity index (χ1) is 22.3. The number of carbonyl (C=O) groups is 3. The lowest BCUT2D eigenvalue weighted by atomic mass is 9.96. The van der Waals surface area contributed by atoms with E-state index < -0.39 is 78.3 Å². The maximum Gasteiger partial charge on any atom is 0.323 e. The van der Waals surface area contributed by atoms with Crippen LogP contribution in [0.4, 0.5) is 22.0 Å². The van der Waals surface area contributed by atoms with Gasteiger partial charge in [0.25, 0.3) is 11.8 Å². The lowest BCUT2D eigenvalue weighted by Crippen LogP contribution is -2.50. The molecule has 0 spiro atoms. The van der Waals surface area contributed by atoms with Gasteiger partial charge in [-0.3, -0.25) is 19.7 Å². The van der Waals surface area contributed by atoms with Crippen molar-refractivity contribution >= 4 is 61.4 Å². The summed E-state index contributed by atoms with van der Waals surface area (Å²) in [5, 5.41) is 13.2. The van der Waals surface area contributed by atoms with Crippen LogP contribution in [0.5, 0.6) is 0 Å². The van der Waals surface area contributed by atoms with Crippen LogP contribution in [0, 0.1) is 29.2 Å². The number of imide groups is 1. The molecule has 246 valence electrons. The summed E-state index contributed by atoms with van der Waals surface area (Å²) in [6, 6.07) is 2.12. The number of carbonyl (C=O) groups excluding carboxylic acids is 3. The number of hydrogen-bond donors (Lipinski definition) is 4. The molecule has 5 N–H and O–H groups in total. The number of fused-ring (bicyclic) bond motifs is 10. The Balaban J connectivity index is 1.61. The van der Waals surface area contributed by atoms with Gasteiger partial charge in [-0.2, -0.15) is 0 Å². The van der Waals surface area contributed by atoms with Crippen molar-refractivity contribution in [2.24, 2.45) is 11.7 Å². The number of aromatic nitrogens is 2. The van der Waals surface area contributed by atoms with Crippen LogP contribution >= 0.6 is 0 Å². The standard InChI is InChI=1S/C32H27F5N4O6/c1-10(2)3-18(38)32(45)47-28-21(42)4-11(9-33)46-31(28)41-20-8-17(37)15(35)6-13(20)23-25-24(29(43)40-30(25)44)22-12-5-14(34)16(36)7-19(12)39-26(22)27(23)41/h5-8,10-11,18,21,28,31,39,42H,3-4,9,38H2,1-2H3,(H,40,43,44)/t11-,18?,21-,28+,31+/m0/s1. The number of aliphatic hydroxyl groups excluding tert-OH is 1. The summed E-state index contributed by atoms with van der Waals surface area (Å²) in [5.41, 5.74) is 5.32. The van der Waals surface area contributed by atoms with Crippen LogP contribution in [0.2, 0.25) is 0 Å². The molecule has 7 rings (SSSR count). The molecular weight excluding hydrogens is 631 g/mol. The van der Waals surface area contributed by atoms with Gasteiger partial charge in [0.2, 0.25) is 0 Å². The smallest absolute Gasteiger partial charge is 0.323 e. The number of benzene rings is 3. The van der Waals surface area contributed by atoms with E-state index in [1.807, 2.05) is 13.8 Å². The molecule has 1 saturated heterocycles. The minimum Gasteiger partial charge on any atom is -0.454 e. The molecule has 2 aromatic heterocycles. The molecule has 0 saturated carbocycles. The van der Waals surface area contributed by atoms with Gasteiger partial charge in [0, 0.05) is 45.6 Å². The normalized spacial score (nSPS) is 22.2. The molecule has 2 aliphatic heterocycles. The van der Waals surface area contributed by atoms with Crippen LogP contribution in [-0.2, 0) is 14.3 Å². The van der Waals surface area contributed by atoms with Crippen LogP contribution in [0.3, 0.4) is 0 Å². The van der Waals surface area contributed by atoms with E-state index in [0.29, 0.717) is 0 Å². The first-order valence-electron chi connectivity index (χ1n) is 14.8. The van der Waals surface area contributed by atoms with Crippen LogP contribution in [-0.4, -0.2) is 63.5 Å². The molecule has 1 unspecified atom stereocenters. The number of nitrogens with one attached hydrogen (secondary N) is 2. The fraction of sp³-hybridized carbons (Fsp3) is 0.344. The lowest BCUT2D eigenvalue weighted by molar-refractivity contribution is -0.217. The number of aromatic amines is 1. The maximum atomic E-state index is 15.0. The van der Waals surface area contributed by atoms with E-state index in [1.165, 1.54) is 4.57 Å². The predicted molar refractivity (Wildman–Crippen MR) is 158 cm³/mol. The Morgan fingerprint density at radius 2 is 1.64 bits per heavy atom. The van der Waals surface area contributed by atoms with E-state index in [9.17, 15) is 41.4 Å². The SMILES string of the molecule is CC(C)CC(N)C(=O)O[C@H]1[C@H](n2c3cc(F)c(F)cc3c3c4c(c5c6cc(F)c(F)cc6[nH]c5c32)C(=O)NC4=O)O[C@H](CF)C[C@@H]1O. The van der Waals surface area contributed by atoms with Gasteiger partial charge in [0.15, 0.2) is 35.6 Å². The van der Waals surface area contributed by atoms with Gasteiger partial charge in [-0.15, -0.1) is 0 Å². The molecule has 10 nitrogen and oxygen atoms in total. The number of H-pyrrole nitrogens is 1. The van der Waals surface area contributed by atoms with Crippen molar-refractivity contribution in [3.8, 4) is 0 Å². The van der Waals surface area contributed by atoms with Crippen LogP contribution in [0.15, 0.2) is 24.3 Å². The first kappa shape index (κ1) is 31.0. The van der Waals surface area contributed by atoms with Gasteiger partial charge in [-0.05, 0) is 24.5 Å². The van der Waals surface area contributed by atoms with Crippen LogP contribution in [0.1, 0.15) is 53.6 Å². The number of aliphatic hydroxyl groups is 1. The summed E-state index contributed by atoms with van der Waals surface area (Å²) in [4.78, 5) is 42.6. The molecule has 0 aliphatic carbocycles. The number of esters is 1. The topological polar surface area (TPSA) is 149 Å². The molecule has 1 fully saturated rings. The number of rotatable bonds is 6. The van der Waals surface area contributed by atoms with E-state index in [4.69, 9.17) is 15.2 Å². The Labute approximate surface area is 261 Å². The number of nitrogens with zero attached hydrogens (tertiary/aromatic N) is 1. The molecule has 5 aromatic rings. The highest BCUT2D eigenvalue weighted by Crippen LogP contribution is 2.47. The maximum absolute atomic E-state index is 15.0. The molecule has 0 bridgehead atoms. The number of ether oxygens (including phenoxy) is 2. The van der Waals surface area contributed by atoms with E-state index >= 15 is 0 Å². The van der Waals surface area contributed by atoms with Gasteiger partial charge < -0.3 is 29.9 Å². The molecule has 47 heavy (non-hydrogen) atoms. The Bertz CT molecular complexity index is 2180. The molecule has 3 aromatic carbocycles. The zero-order valence-electron chi connectivity index (χ0n) is 24.8. The Kier molecular flexibility index (Phi) is 7.26. The largest absolute Gasteiger partial charge is 0.454 e. The summed E-state index contributed by atoms with van der Waals surface area (Å²) in [7, 11) is 0. The van der Waals surface area contributed by atoms with Crippen molar-refractivity contribution in [3.05, 3.63) is 58.7 Å². The molecule has 0 radical (unpaired) electrons. The van der Waals surface area contributed by atoms with Crippen molar-refractivity contribution in [2.75, 3.05) is 6.67 Å². The fourth-order valence-electron chi connectivity index (χ4n) is 6.82. The average Bonchev–Trinajstić information content (AvgIpc) is 3.62. The van der Waals surface area contributed by atoms with E-state index in [1.54, 1.807) is 0 Å². The van der Waals surface area contributed by atoms with E-state index in [0.717, 1.165) is 24.3 Å². The Hall–Kier alpha value is -4.60. The van der Waals surface area contributed by atoms with Crippen molar-refractivity contribution < 1.29 is 50.9 Å². The number of hydrogen-bond acceptors (Lipinski definition) is 7. The molecule has 2 aliphatic rings. The fourth-order valence-corrected chi connectivity index (χ4v) is 6.82. The average molecular weight is 659 g/mol. The first-order valence-corrected chi connectivity index (χ1v) is 14.8. The highest BCUT2D eigenvalue weighted by molar-refractivity contribution is 6.39. The summed E-state index contributed by atoms with van der Waals surface area (Å²) < 4.78 is 86.0. The lowest BCUT2D eigenvalue weighted by Gasteiger charge is -2.40. The highest BCUT2D eigenvalue weighted by Gasteiger charge is 2.45. The van der Waals surface area contributed by atoms with Crippen LogP contribution in [0.25, 0.3) is 43.6 Å². The monoisotopic (exact) mass is 658 g/mol. The quantitative estimate of drug-likeness (QED) is 0.117. The number of halogens is 5. The van der Waals surface area contributed by atoms with Gasteiger partial charge in [0.05, 0.1) is 39.9 Å². The summed E-state index contributed by atoms with van der Waals surface area (Å²) >= 11 is 0. The van der Waals surface area contributed by atoms with Crippen molar-refractivity contribution in [1.29, 1.82) is 0 Å². The molecular formula is C32H27F5N4O6. The van der Waals surface area contributed by atoms with E-state index in [-0.39, 0.29) is 73.5 Å². The molecule has 5 atom stereocenters. The van der Waals surface area contributed by atoms with E-state index in [2.05, 4.69) is 10.3 Å². The second-order valence-corrected chi connectivity index (χ2v) is 12.3. The second kappa shape index (κ2) is 11.0. The number of nitrogens with two attached hydrogens (primary N) is 1. The predicted octanol–water partition coefficient (Wildman–Crippen LogP) is 4.77. The van der Waals surface area contributed by atoms with Gasteiger partial charge in [-0.25, -0.2) is 22.0 Å². The zero-order valence-corrected chi connectivity index (χ0v) is 24.8. The van der Waals surface area contributed by atoms with Crippen molar-refractivity contribution in [2.45, 2.75) is 57.3 Å². The summed E-state index contributed by atoms with van der Waals surface area (Å²) in [5.74, 6) is -7.84. The van der Waals surface area contributed by atoms with Crippen molar-refractivity contribution in [1.82, 2.24) is 14.9 Å². The Morgan fingerprint density at radius 1 is 1.02 bits per heavy atom. The molecule has 2 amide bonds. The third kappa shape index (κ3) is 4.66. The number of amides is 2. The van der Waals surface area contributed by atoms with Crippen molar-refractivity contribution in [3.63, 3.8) is 0 Å². The number of alkyl halides is 1. The van der Waals surface area contributed by atoms with Crippen LogP contribution < -0.4 is 11.1 Å². The van der Waals surface area contributed by atoms with Gasteiger partial charge in [0.1, 0.15) is 12.7 Å². The van der Waals surface area contributed by atoms with Gasteiger partial charge >= 0.3 is 5.97 Å². The summed E-state index contributed by atoms with van der Waals surface area (Å²) in [6.45, 7) is 2.57. The minimum absolute atomic E-state index is 0.00350. The molecule has 15 heteroatoms. The third-order valence-electron chi connectivity index (χ3n) is 8.76. The Morgan fingerprint density at radius 3 is 2.30 bits per heavy atom. The molecule has 4 heterocycles.